The van der Waals surface area contributed by atoms with Gasteiger partial charge in [-0.3, -0.25) is 0 Å². The van der Waals surface area contributed by atoms with E-state index in [4.69, 9.17) is 13.9 Å². The molecule has 0 saturated carbocycles. The van der Waals surface area contributed by atoms with Gasteiger partial charge in [0.15, 0.2) is 0 Å². The average molecular weight is 324 g/mol. The van der Waals surface area contributed by atoms with E-state index in [1.807, 2.05) is 13.0 Å². The maximum Gasteiger partial charge on any atom is 0.343 e. The number of fused-ring (bicyclic) bond motifs is 1. The Morgan fingerprint density at radius 3 is 2.75 bits per heavy atom. The SMILES string of the molecule is COCc1cccc(C(=O)Oc2ccc3c(C)cc(=O)oc3c2)c1. The predicted octanol–water partition coefficient (Wildman–Crippen LogP) is 3.47. The van der Waals surface area contributed by atoms with Crippen molar-refractivity contribution < 1.29 is 18.7 Å². The van der Waals surface area contributed by atoms with Crippen LogP contribution in [0.4, 0.5) is 0 Å². The number of rotatable bonds is 4. The maximum atomic E-state index is 12.3. The van der Waals surface area contributed by atoms with Gasteiger partial charge in [-0.2, -0.15) is 0 Å². The van der Waals surface area contributed by atoms with Crippen molar-refractivity contribution in [1.29, 1.82) is 0 Å². The van der Waals surface area contributed by atoms with Crippen LogP contribution in [-0.4, -0.2) is 13.1 Å². The summed E-state index contributed by atoms with van der Waals surface area (Å²) in [5.41, 5.74) is 2.07. The van der Waals surface area contributed by atoms with E-state index in [-0.39, 0.29) is 0 Å². The molecule has 0 bridgehead atoms. The molecule has 0 atom stereocenters. The van der Waals surface area contributed by atoms with E-state index in [2.05, 4.69) is 0 Å². The van der Waals surface area contributed by atoms with Gasteiger partial charge in [-0.15, -0.1) is 0 Å². The summed E-state index contributed by atoms with van der Waals surface area (Å²) in [4.78, 5) is 23.8. The molecule has 0 amide bonds. The third-order valence-electron chi connectivity index (χ3n) is 3.61. The zero-order valence-electron chi connectivity index (χ0n) is 13.4. The molecule has 0 N–H and O–H groups in total. The highest BCUT2D eigenvalue weighted by Gasteiger charge is 2.11. The van der Waals surface area contributed by atoms with Crippen LogP contribution < -0.4 is 10.4 Å². The summed E-state index contributed by atoms with van der Waals surface area (Å²) in [6, 6.07) is 13.4. The highest BCUT2D eigenvalue weighted by atomic mass is 16.5. The molecular formula is C19H16O5. The van der Waals surface area contributed by atoms with Crippen molar-refractivity contribution in [3.63, 3.8) is 0 Å². The molecule has 1 heterocycles. The normalized spacial score (nSPS) is 10.8. The van der Waals surface area contributed by atoms with E-state index in [1.165, 1.54) is 6.07 Å². The van der Waals surface area contributed by atoms with Gasteiger partial charge in [0.1, 0.15) is 11.3 Å². The van der Waals surface area contributed by atoms with Crippen LogP contribution in [0.3, 0.4) is 0 Å². The highest BCUT2D eigenvalue weighted by Crippen LogP contribution is 2.23. The van der Waals surface area contributed by atoms with Crippen molar-refractivity contribution in [3.05, 3.63) is 75.6 Å². The lowest BCUT2D eigenvalue weighted by Gasteiger charge is -2.07. The summed E-state index contributed by atoms with van der Waals surface area (Å²) < 4.78 is 15.6. The summed E-state index contributed by atoms with van der Waals surface area (Å²) in [6.45, 7) is 2.24. The first-order chi connectivity index (χ1) is 11.6. The van der Waals surface area contributed by atoms with Crippen LogP contribution in [0.2, 0.25) is 0 Å². The number of ether oxygens (including phenoxy) is 2. The fourth-order valence-corrected chi connectivity index (χ4v) is 2.49. The summed E-state index contributed by atoms with van der Waals surface area (Å²) >= 11 is 0. The minimum absolute atomic E-state index is 0.318. The monoisotopic (exact) mass is 324 g/mol. The van der Waals surface area contributed by atoms with Gasteiger partial charge in [0.25, 0.3) is 0 Å². The van der Waals surface area contributed by atoms with Gasteiger partial charge in [0.2, 0.25) is 0 Å². The third-order valence-corrected chi connectivity index (χ3v) is 3.61. The number of methoxy groups -OCH3 is 1. The third kappa shape index (κ3) is 3.36. The Morgan fingerprint density at radius 1 is 1.12 bits per heavy atom. The van der Waals surface area contributed by atoms with Gasteiger partial charge in [-0.25, -0.2) is 9.59 Å². The molecule has 3 rings (SSSR count). The standard InChI is InChI=1S/C19H16O5/c1-12-8-18(20)24-17-10-15(6-7-16(12)17)23-19(21)14-5-3-4-13(9-14)11-22-2/h3-10H,11H2,1-2H3. The fourth-order valence-electron chi connectivity index (χ4n) is 2.49. The molecule has 0 aliphatic heterocycles. The Kier molecular flexibility index (Phi) is 4.44. The van der Waals surface area contributed by atoms with Crippen LogP contribution in [0.5, 0.6) is 5.75 Å². The van der Waals surface area contributed by atoms with Crippen LogP contribution in [0, 0.1) is 6.92 Å². The Bertz CT molecular complexity index is 955. The zero-order chi connectivity index (χ0) is 17.1. The van der Waals surface area contributed by atoms with E-state index in [0.29, 0.717) is 23.5 Å². The van der Waals surface area contributed by atoms with Gasteiger partial charge in [-0.05, 0) is 42.3 Å². The van der Waals surface area contributed by atoms with Crippen molar-refractivity contribution in [2.24, 2.45) is 0 Å². The lowest BCUT2D eigenvalue weighted by atomic mass is 10.1. The highest BCUT2D eigenvalue weighted by molar-refractivity contribution is 5.92. The van der Waals surface area contributed by atoms with Gasteiger partial charge in [-0.1, -0.05) is 12.1 Å². The molecule has 2 aromatic carbocycles. The summed E-state index contributed by atoms with van der Waals surface area (Å²) in [7, 11) is 1.59. The van der Waals surface area contributed by atoms with Gasteiger partial charge >= 0.3 is 11.6 Å². The van der Waals surface area contributed by atoms with Gasteiger partial charge in [0, 0.05) is 24.6 Å². The quantitative estimate of drug-likeness (QED) is 0.418. The van der Waals surface area contributed by atoms with Crippen LogP contribution in [0.25, 0.3) is 11.0 Å². The van der Waals surface area contributed by atoms with Crippen LogP contribution >= 0.6 is 0 Å². The number of hydrogen-bond donors (Lipinski definition) is 0. The summed E-state index contributed by atoms with van der Waals surface area (Å²) in [5, 5.41) is 0.802. The molecule has 5 heteroatoms. The molecule has 0 fully saturated rings. The molecule has 24 heavy (non-hydrogen) atoms. The van der Waals surface area contributed by atoms with E-state index in [9.17, 15) is 9.59 Å². The van der Waals surface area contributed by atoms with E-state index < -0.39 is 11.6 Å². The summed E-state index contributed by atoms with van der Waals surface area (Å²) in [5.74, 6) is -0.166. The van der Waals surface area contributed by atoms with Crippen LogP contribution in [0.1, 0.15) is 21.5 Å². The molecule has 0 radical (unpaired) electrons. The molecule has 122 valence electrons. The lowest BCUT2D eigenvalue weighted by Crippen LogP contribution is -2.09. The second-order valence-corrected chi connectivity index (χ2v) is 5.43. The largest absolute Gasteiger partial charge is 0.423 e. The number of aryl methyl sites for hydroxylation is 1. The Labute approximate surface area is 138 Å². The summed E-state index contributed by atoms with van der Waals surface area (Å²) in [6.07, 6.45) is 0. The van der Waals surface area contributed by atoms with Crippen LogP contribution in [0.15, 0.2) is 57.7 Å². The minimum atomic E-state index is -0.484. The Hall–Kier alpha value is -2.92. The smallest absolute Gasteiger partial charge is 0.343 e. The first kappa shape index (κ1) is 16.0. The van der Waals surface area contributed by atoms with Gasteiger partial charge in [0.05, 0.1) is 12.2 Å². The molecule has 1 aromatic heterocycles. The molecule has 0 spiro atoms. The van der Waals surface area contributed by atoms with Crippen molar-refractivity contribution in [2.75, 3.05) is 7.11 Å². The molecule has 3 aromatic rings. The van der Waals surface area contributed by atoms with E-state index in [1.54, 1.807) is 43.5 Å². The maximum absolute atomic E-state index is 12.3. The molecule has 5 nitrogen and oxygen atoms in total. The Balaban J connectivity index is 1.88. The average Bonchev–Trinajstić information content (AvgIpc) is 2.55. The number of hydrogen-bond acceptors (Lipinski definition) is 5. The first-order valence-electron chi connectivity index (χ1n) is 7.41. The molecule has 0 aliphatic carbocycles. The van der Waals surface area contributed by atoms with Crippen molar-refractivity contribution >= 4 is 16.9 Å². The van der Waals surface area contributed by atoms with Crippen molar-refractivity contribution in [1.82, 2.24) is 0 Å². The van der Waals surface area contributed by atoms with E-state index >= 15 is 0 Å². The molecule has 0 aliphatic rings. The number of carbonyl (C=O) groups excluding carboxylic acids is 1. The predicted molar refractivity (Wildman–Crippen MR) is 89.3 cm³/mol. The molecular weight excluding hydrogens is 308 g/mol. The molecule has 0 unspecified atom stereocenters. The second kappa shape index (κ2) is 6.68. The van der Waals surface area contributed by atoms with Crippen molar-refractivity contribution in [3.8, 4) is 5.75 Å². The topological polar surface area (TPSA) is 65.7 Å². The zero-order valence-corrected chi connectivity index (χ0v) is 13.4. The molecule has 0 saturated heterocycles. The number of carbonyl (C=O) groups is 1. The van der Waals surface area contributed by atoms with Gasteiger partial charge < -0.3 is 13.9 Å². The minimum Gasteiger partial charge on any atom is -0.423 e. The second-order valence-electron chi connectivity index (χ2n) is 5.43. The van der Waals surface area contributed by atoms with E-state index in [0.717, 1.165) is 16.5 Å². The first-order valence-corrected chi connectivity index (χ1v) is 7.41. The fraction of sp³-hybridized carbons (Fsp3) is 0.158. The van der Waals surface area contributed by atoms with Crippen molar-refractivity contribution in [2.45, 2.75) is 13.5 Å². The number of esters is 1. The number of benzene rings is 2. The van der Waals surface area contributed by atoms with Crippen LogP contribution in [-0.2, 0) is 11.3 Å². The lowest BCUT2D eigenvalue weighted by molar-refractivity contribution is 0.0734. The Morgan fingerprint density at radius 2 is 1.96 bits per heavy atom.